The van der Waals surface area contributed by atoms with Gasteiger partial charge in [-0.25, -0.2) is 14.5 Å². The summed E-state index contributed by atoms with van der Waals surface area (Å²) in [6, 6.07) is 14.2. The monoisotopic (exact) mass is 413 g/mol. The van der Waals surface area contributed by atoms with E-state index < -0.39 is 17.7 Å². The third-order valence-electron chi connectivity index (χ3n) is 5.03. The summed E-state index contributed by atoms with van der Waals surface area (Å²) >= 11 is 0. The number of carbonyl (C=O) groups is 1. The highest BCUT2D eigenvalue weighted by Gasteiger charge is 2.35. The maximum absolute atomic E-state index is 14.1. The number of benzene rings is 2. The summed E-state index contributed by atoms with van der Waals surface area (Å²) in [6.45, 7) is 3.99. The smallest absolute Gasteiger partial charge is 0.336 e. The van der Waals surface area contributed by atoms with E-state index in [9.17, 15) is 18.7 Å². The molecule has 0 bridgehead atoms. The first-order chi connectivity index (χ1) is 14.4. The number of hydrogen-bond donors (Lipinski definition) is 1. The number of alkyl halides is 2. The van der Waals surface area contributed by atoms with E-state index in [1.165, 1.54) is 6.92 Å². The zero-order chi connectivity index (χ0) is 21.7. The van der Waals surface area contributed by atoms with Gasteiger partial charge in [-0.05, 0) is 29.2 Å². The SMILES string of the molecule is CCCCn1nc(C(F)(F)CC)nc1Cc1ccc(-c2ccccc2C(=O)O)cc1. The van der Waals surface area contributed by atoms with E-state index in [-0.39, 0.29) is 12.0 Å². The van der Waals surface area contributed by atoms with Crippen LogP contribution in [0.5, 0.6) is 0 Å². The molecule has 158 valence electrons. The average molecular weight is 413 g/mol. The molecule has 5 nitrogen and oxygen atoms in total. The lowest BCUT2D eigenvalue weighted by Gasteiger charge is -2.08. The van der Waals surface area contributed by atoms with Gasteiger partial charge in [-0.2, -0.15) is 8.78 Å². The molecule has 0 aliphatic rings. The van der Waals surface area contributed by atoms with Crippen LogP contribution in [0.3, 0.4) is 0 Å². The molecule has 1 aromatic heterocycles. The second-order valence-electron chi connectivity index (χ2n) is 7.21. The number of aromatic nitrogens is 3. The number of unbranched alkanes of at least 4 members (excludes halogenated alkanes) is 1. The van der Waals surface area contributed by atoms with Crippen LogP contribution < -0.4 is 0 Å². The standard InChI is InChI=1S/C23H25F2N3O2/c1-3-5-14-28-20(26-22(27-28)23(24,25)4-2)15-16-10-12-17(13-11-16)18-8-6-7-9-19(18)21(29)30/h6-13H,3-5,14-15H2,1-2H3,(H,29,30). The molecule has 0 amide bonds. The Bertz CT molecular complexity index is 1010. The van der Waals surface area contributed by atoms with E-state index in [1.807, 2.05) is 31.2 Å². The van der Waals surface area contributed by atoms with Crippen molar-refractivity contribution in [1.82, 2.24) is 14.8 Å². The minimum atomic E-state index is -3.05. The molecule has 0 unspecified atom stereocenters. The van der Waals surface area contributed by atoms with E-state index in [0.29, 0.717) is 24.4 Å². The molecule has 0 saturated heterocycles. The van der Waals surface area contributed by atoms with Gasteiger partial charge in [0.15, 0.2) is 0 Å². The molecule has 1 N–H and O–H groups in total. The van der Waals surface area contributed by atoms with Crippen LogP contribution in [-0.2, 0) is 18.9 Å². The molecule has 3 aromatic rings. The number of nitrogens with zero attached hydrogens (tertiary/aromatic N) is 3. The fourth-order valence-corrected chi connectivity index (χ4v) is 3.21. The van der Waals surface area contributed by atoms with Crippen molar-refractivity contribution < 1.29 is 18.7 Å². The minimum absolute atomic E-state index is 0.232. The Balaban J connectivity index is 1.87. The predicted molar refractivity (Wildman–Crippen MR) is 111 cm³/mol. The molecule has 0 saturated carbocycles. The van der Waals surface area contributed by atoms with Gasteiger partial charge < -0.3 is 5.11 Å². The van der Waals surface area contributed by atoms with Crippen molar-refractivity contribution in [2.45, 2.75) is 52.0 Å². The van der Waals surface area contributed by atoms with Crippen LogP contribution in [0.4, 0.5) is 8.78 Å². The van der Waals surface area contributed by atoms with Crippen LogP contribution in [0.15, 0.2) is 48.5 Å². The molecule has 0 spiro atoms. The fourth-order valence-electron chi connectivity index (χ4n) is 3.21. The van der Waals surface area contributed by atoms with Crippen molar-refractivity contribution in [1.29, 1.82) is 0 Å². The maximum atomic E-state index is 14.1. The van der Waals surface area contributed by atoms with Gasteiger partial charge in [0.2, 0.25) is 5.82 Å². The largest absolute Gasteiger partial charge is 0.478 e. The van der Waals surface area contributed by atoms with Crippen molar-refractivity contribution in [2.24, 2.45) is 0 Å². The van der Waals surface area contributed by atoms with Crippen molar-refractivity contribution in [3.05, 3.63) is 71.3 Å². The number of aromatic carboxylic acids is 1. The topological polar surface area (TPSA) is 68.0 Å². The summed E-state index contributed by atoms with van der Waals surface area (Å²) in [4.78, 5) is 15.6. The molecule has 3 rings (SSSR count). The Hall–Kier alpha value is -3.09. The van der Waals surface area contributed by atoms with Crippen LogP contribution in [0.1, 0.15) is 60.7 Å². The Kier molecular flexibility index (Phi) is 6.59. The number of carboxylic acids is 1. The highest BCUT2D eigenvalue weighted by molar-refractivity contribution is 5.95. The normalized spacial score (nSPS) is 11.6. The minimum Gasteiger partial charge on any atom is -0.478 e. The second kappa shape index (κ2) is 9.15. The lowest BCUT2D eigenvalue weighted by atomic mass is 9.98. The molecule has 2 aromatic carbocycles. The van der Waals surface area contributed by atoms with Crippen LogP contribution >= 0.6 is 0 Å². The number of rotatable bonds is 9. The molecule has 30 heavy (non-hydrogen) atoms. The highest BCUT2D eigenvalue weighted by Crippen LogP contribution is 2.29. The number of halogens is 2. The molecule has 1 heterocycles. The van der Waals surface area contributed by atoms with Crippen molar-refractivity contribution in [2.75, 3.05) is 0 Å². The van der Waals surface area contributed by atoms with Crippen LogP contribution in [0, 0.1) is 0 Å². The van der Waals surface area contributed by atoms with Gasteiger partial charge in [0, 0.05) is 19.4 Å². The van der Waals surface area contributed by atoms with Crippen molar-refractivity contribution in [3.63, 3.8) is 0 Å². The lowest BCUT2D eigenvalue weighted by Crippen LogP contribution is -2.14. The summed E-state index contributed by atoms with van der Waals surface area (Å²) in [7, 11) is 0. The third-order valence-corrected chi connectivity index (χ3v) is 5.03. The van der Waals surface area contributed by atoms with Gasteiger partial charge in [-0.3, -0.25) is 0 Å². The van der Waals surface area contributed by atoms with E-state index in [1.54, 1.807) is 28.9 Å². The molecule has 0 aliphatic heterocycles. The molecular formula is C23H25F2N3O2. The first-order valence-corrected chi connectivity index (χ1v) is 10.1. The van der Waals surface area contributed by atoms with E-state index in [4.69, 9.17) is 0 Å². The third kappa shape index (κ3) is 4.72. The zero-order valence-electron chi connectivity index (χ0n) is 17.1. The first-order valence-electron chi connectivity index (χ1n) is 10.1. The Morgan fingerprint density at radius 2 is 1.80 bits per heavy atom. The lowest BCUT2D eigenvalue weighted by molar-refractivity contribution is -0.0177. The molecule has 0 atom stereocenters. The Morgan fingerprint density at radius 1 is 1.10 bits per heavy atom. The van der Waals surface area contributed by atoms with Crippen LogP contribution in [0.25, 0.3) is 11.1 Å². The van der Waals surface area contributed by atoms with E-state index >= 15 is 0 Å². The molecular weight excluding hydrogens is 388 g/mol. The summed E-state index contributed by atoms with van der Waals surface area (Å²) in [5.41, 5.74) is 2.54. The first kappa shape index (κ1) is 21.6. The quantitative estimate of drug-likeness (QED) is 0.500. The predicted octanol–water partition coefficient (Wildman–Crippen LogP) is 5.54. The summed E-state index contributed by atoms with van der Waals surface area (Å²) < 4.78 is 29.8. The van der Waals surface area contributed by atoms with Crippen LogP contribution in [-0.4, -0.2) is 25.8 Å². The van der Waals surface area contributed by atoms with E-state index in [0.717, 1.165) is 24.0 Å². The Labute approximate surface area is 174 Å². The highest BCUT2D eigenvalue weighted by atomic mass is 19.3. The van der Waals surface area contributed by atoms with Crippen molar-refractivity contribution in [3.8, 4) is 11.1 Å². The fraction of sp³-hybridized carbons (Fsp3) is 0.348. The van der Waals surface area contributed by atoms with Gasteiger partial charge >= 0.3 is 11.9 Å². The van der Waals surface area contributed by atoms with Crippen molar-refractivity contribution >= 4 is 5.97 Å². The molecule has 0 aliphatic carbocycles. The Morgan fingerprint density at radius 3 is 2.43 bits per heavy atom. The number of carboxylic acid groups (broad SMARTS) is 1. The summed E-state index contributed by atoms with van der Waals surface area (Å²) in [5.74, 6) is -3.95. The van der Waals surface area contributed by atoms with Gasteiger partial charge in [-0.1, -0.05) is 62.7 Å². The van der Waals surface area contributed by atoms with Gasteiger partial charge in [-0.15, -0.1) is 5.10 Å². The summed E-state index contributed by atoms with van der Waals surface area (Å²) in [5, 5.41) is 13.5. The number of aryl methyl sites for hydroxylation is 1. The molecule has 7 heteroatoms. The maximum Gasteiger partial charge on any atom is 0.336 e. The molecule has 0 fully saturated rings. The molecule has 0 radical (unpaired) electrons. The van der Waals surface area contributed by atoms with E-state index in [2.05, 4.69) is 10.1 Å². The average Bonchev–Trinajstić information content (AvgIpc) is 3.16. The second-order valence-corrected chi connectivity index (χ2v) is 7.21. The van der Waals surface area contributed by atoms with Crippen LogP contribution in [0.2, 0.25) is 0 Å². The van der Waals surface area contributed by atoms with Gasteiger partial charge in [0.25, 0.3) is 0 Å². The van der Waals surface area contributed by atoms with Gasteiger partial charge in [0.05, 0.1) is 5.56 Å². The zero-order valence-corrected chi connectivity index (χ0v) is 17.1. The summed E-state index contributed by atoms with van der Waals surface area (Å²) in [6.07, 6.45) is 1.79. The van der Waals surface area contributed by atoms with Gasteiger partial charge in [0.1, 0.15) is 5.82 Å². The number of hydrogen-bond acceptors (Lipinski definition) is 3.